The molecule has 10 heteroatoms. The molecule has 0 amide bonds. The summed E-state index contributed by atoms with van der Waals surface area (Å²) in [6.07, 6.45) is 10.2. The fourth-order valence-electron chi connectivity index (χ4n) is 3.17. The van der Waals surface area contributed by atoms with Crippen LogP contribution in [0.15, 0.2) is 36.4 Å². The summed E-state index contributed by atoms with van der Waals surface area (Å²) < 4.78 is 16.1. The zero-order valence-corrected chi connectivity index (χ0v) is 22.6. The number of benzene rings is 2. The number of esters is 1. The van der Waals surface area contributed by atoms with E-state index in [0.717, 1.165) is 6.08 Å². The molecule has 0 saturated heterocycles. The van der Waals surface area contributed by atoms with Crippen molar-refractivity contribution in [1.29, 1.82) is 0 Å². The van der Waals surface area contributed by atoms with Gasteiger partial charge in [-0.15, -0.1) is 0 Å². The van der Waals surface area contributed by atoms with Crippen molar-refractivity contribution in [3.8, 4) is 11.5 Å². The van der Waals surface area contributed by atoms with Crippen LogP contribution in [0.3, 0.4) is 0 Å². The number of aliphatic carboxylic acids is 1. The largest absolute Gasteiger partial charge is 0.492 e. The zero-order chi connectivity index (χ0) is 27.7. The van der Waals surface area contributed by atoms with E-state index in [4.69, 9.17) is 54.0 Å². The lowest BCUT2D eigenvalue weighted by atomic mass is 10.1. The van der Waals surface area contributed by atoms with Gasteiger partial charge in [0.15, 0.2) is 0 Å². The van der Waals surface area contributed by atoms with Gasteiger partial charge in [-0.3, -0.25) is 0 Å². The summed E-state index contributed by atoms with van der Waals surface area (Å²) in [6.45, 7) is 3.41. The summed E-state index contributed by atoms with van der Waals surface area (Å²) >= 11 is 12.1. The SMILES string of the molecule is CCOC(=O)/C=C/c1cc(OCC2CC2)c(Cl)cc1N.Nc1cc(Cl)c(OCC2CC2)cc1/C=C/C(=O)O. The Hall–Kier alpha value is -3.36. The third-order valence-corrected chi connectivity index (χ3v) is 6.30. The Kier molecular flexibility index (Phi) is 10.7. The second kappa shape index (κ2) is 14.0. The van der Waals surface area contributed by atoms with E-state index in [1.54, 1.807) is 37.3 Å². The highest BCUT2D eigenvalue weighted by Crippen LogP contribution is 2.35. The fourth-order valence-corrected chi connectivity index (χ4v) is 3.63. The number of carbonyl (C=O) groups excluding carboxylic acids is 1. The molecule has 0 spiro atoms. The van der Waals surface area contributed by atoms with E-state index >= 15 is 0 Å². The maximum Gasteiger partial charge on any atom is 0.330 e. The number of halogens is 2. The van der Waals surface area contributed by atoms with Crippen molar-refractivity contribution in [1.82, 2.24) is 0 Å². The Labute approximate surface area is 232 Å². The molecule has 0 radical (unpaired) electrons. The van der Waals surface area contributed by atoms with Gasteiger partial charge in [0.05, 0.1) is 29.9 Å². The molecule has 2 fully saturated rings. The van der Waals surface area contributed by atoms with Gasteiger partial charge in [-0.25, -0.2) is 9.59 Å². The average molecular weight is 563 g/mol. The Balaban J connectivity index is 0.000000212. The highest BCUT2D eigenvalue weighted by atomic mass is 35.5. The molecular formula is C28H32Cl2N2O6. The Morgan fingerprint density at radius 1 is 0.868 bits per heavy atom. The Morgan fingerprint density at radius 2 is 1.32 bits per heavy atom. The lowest BCUT2D eigenvalue weighted by Crippen LogP contribution is -2.01. The van der Waals surface area contributed by atoms with Gasteiger partial charge in [0.2, 0.25) is 0 Å². The molecule has 2 aliphatic carbocycles. The van der Waals surface area contributed by atoms with Gasteiger partial charge in [0.1, 0.15) is 11.5 Å². The fraction of sp³-hybridized carbons (Fsp3) is 0.357. The number of carboxylic acid groups (broad SMARTS) is 1. The van der Waals surface area contributed by atoms with Crippen molar-refractivity contribution >= 4 is 58.7 Å². The number of nitrogens with two attached hydrogens (primary N) is 2. The van der Waals surface area contributed by atoms with E-state index < -0.39 is 11.9 Å². The minimum absolute atomic E-state index is 0.342. The number of nitrogen functional groups attached to an aromatic ring is 2. The van der Waals surface area contributed by atoms with Crippen molar-refractivity contribution in [2.45, 2.75) is 32.6 Å². The third kappa shape index (κ3) is 9.84. The van der Waals surface area contributed by atoms with Gasteiger partial charge >= 0.3 is 11.9 Å². The highest BCUT2D eigenvalue weighted by Gasteiger charge is 2.23. The first kappa shape index (κ1) is 29.2. The van der Waals surface area contributed by atoms with Crippen LogP contribution in [0.4, 0.5) is 11.4 Å². The first-order chi connectivity index (χ1) is 18.2. The second-order valence-corrected chi connectivity index (χ2v) is 9.90. The van der Waals surface area contributed by atoms with Crippen molar-refractivity contribution < 1.29 is 28.9 Å². The molecular weight excluding hydrogens is 531 g/mol. The van der Waals surface area contributed by atoms with Crippen LogP contribution < -0.4 is 20.9 Å². The number of carbonyl (C=O) groups is 2. The van der Waals surface area contributed by atoms with Gasteiger partial charge in [-0.2, -0.15) is 0 Å². The first-order valence-electron chi connectivity index (χ1n) is 12.4. The number of ether oxygens (including phenoxy) is 3. The molecule has 0 unspecified atom stereocenters. The molecule has 0 heterocycles. The lowest BCUT2D eigenvalue weighted by molar-refractivity contribution is -0.137. The number of anilines is 2. The number of carboxylic acids is 1. The van der Waals surface area contributed by atoms with Crippen LogP contribution in [0.5, 0.6) is 11.5 Å². The predicted octanol–water partition coefficient (Wildman–Crippen LogP) is 6.10. The third-order valence-electron chi connectivity index (χ3n) is 5.71. The normalized spacial score (nSPS) is 14.7. The summed E-state index contributed by atoms with van der Waals surface area (Å²) in [5, 5.41) is 9.52. The molecule has 4 rings (SSSR count). The maximum absolute atomic E-state index is 11.3. The van der Waals surface area contributed by atoms with E-state index in [-0.39, 0.29) is 0 Å². The first-order valence-corrected chi connectivity index (χ1v) is 13.1. The van der Waals surface area contributed by atoms with Gasteiger partial charge in [0.25, 0.3) is 0 Å². The van der Waals surface area contributed by atoms with E-state index in [1.807, 2.05) is 0 Å². The molecule has 2 aromatic carbocycles. The average Bonchev–Trinajstić information content (AvgIpc) is 3.78. The van der Waals surface area contributed by atoms with E-state index in [1.165, 1.54) is 37.8 Å². The van der Waals surface area contributed by atoms with Crippen molar-refractivity contribution in [2.24, 2.45) is 11.8 Å². The topological polar surface area (TPSA) is 134 Å². The molecule has 2 saturated carbocycles. The Morgan fingerprint density at radius 3 is 1.71 bits per heavy atom. The van der Waals surface area contributed by atoms with E-state index in [2.05, 4.69) is 0 Å². The van der Waals surface area contributed by atoms with Gasteiger partial charge < -0.3 is 30.8 Å². The van der Waals surface area contributed by atoms with Crippen molar-refractivity contribution in [3.63, 3.8) is 0 Å². The van der Waals surface area contributed by atoms with Crippen LogP contribution >= 0.6 is 23.2 Å². The summed E-state index contributed by atoms with van der Waals surface area (Å²) in [5.41, 5.74) is 13.8. The summed E-state index contributed by atoms with van der Waals surface area (Å²) in [5.74, 6) is 0.977. The van der Waals surface area contributed by atoms with Crippen LogP contribution in [-0.4, -0.2) is 36.9 Å². The Bertz CT molecular complexity index is 1210. The summed E-state index contributed by atoms with van der Waals surface area (Å²) in [4.78, 5) is 21.8. The van der Waals surface area contributed by atoms with Gasteiger partial charge in [0, 0.05) is 34.7 Å². The van der Waals surface area contributed by atoms with Crippen LogP contribution in [-0.2, 0) is 14.3 Å². The van der Waals surface area contributed by atoms with Crippen LogP contribution in [0.1, 0.15) is 43.7 Å². The number of rotatable bonds is 11. The molecule has 5 N–H and O–H groups in total. The molecule has 38 heavy (non-hydrogen) atoms. The van der Waals surface area contributed by atoms with E-state index in [0.29, 0.717) is 75.7 Å². The molecule has 0 aliphatic heterocycles. The molecule has 204 valence electrons. The summed E-state index contributed by atoms with van der Waals surface area (Å²) in [6, 6.07) is 6.62. The monoisotopic (exact) mass is 562 g/mol. The zero-order valence-electron chi connectivity index (χ0n) is 21.1. The van der Waals surface area contributed by atoms with Crippen molar-refractivity contribution in [3.05, 3.63) is 57.6 Å². The molecule has 2 aromatic rings. The second-order valence-electron chi connectivity index (χ2n) is 9.09. The smallest absolute Gasteiger partial charge is 0.330 e. The van der Waals surface area contributed by atoms with Gasteiger partial charge in [-0.05, 0) is 80.9 Å². The van der Waals surface area contributed by atoms with Crippen LogP contribution in [0.25, 0.3) is 12.2 Å². The maximum atomic E-state index is 11.3. The van der Waals surface area contributed by atoms with Gasteiger partial charge in [-0.1, -0.05) is 23.2 Å². The lowest BCUT2D eigenvalue weighted by Gasteiger charge is -2.10. The number of hydrogen-bond donors (Lipinski definition) is 3. The highest BCUT2D eigenvalue weighted by molar-refractivity contribution is 6.32. The van der Waals surface area contributed by atoms with Crippen LogP contribution in [0, 0.1) is 11.8 Å². The summed E-state index contributed by atoms with van der Waals surface area (Å²) in [7, 11) is 0. The molecule has 0 aromatic heterocycles. The quantitative estimate of drug-likeness (QED) is 0.170. The van der Waals surface area contributed by atoms with E-state index in [9.17, 15) is 9.59 Å². The molecule has 2 aliphatic rings. The predicted molar refractivity (Wildman–Crippen MR) is 151 cm³/mol. The van der Waals surface area contributed by atoms with Crippen molar-refractivity contribution in [2.75, 3.05) is 31.3 Å². The number of hydrogen-bond acceptors (Lipinski definition) is 7. The molecule has 8 nitrogen and oxygen atoms in total. The minimum Gasteiger partial charge on any atom is -0.492 e. The minimum atomic E-state index is -1.02. The van der Waals surface area contributed by atoms with Crippen LogP contribution in [0.2, 0.25) is 10.0 Å². The molecule has 0 atom stereocenters. The molecule has 0 bridgehead atoms. The standard InChI is InChI=1S/C15H18ClNO3.C13H14ClNO3/c1-2-19-15(18)6-5-11-7-14(12(16)8-13(11)17)20-9-10-3-4-10;14-10-6-11(15)9(3-4-13(16)17)5-12(10)18-7-8-1-2-8/h5-8,10H,2-4,9,17H2,1H3;3-6,8H,1-2,7,15H2,(H,16,17)/b6-5+;4-3+.